The molecule has 0 aliphatic rings. The third kappa shape index (κ3) is 5.27. The van der Waals surface area contributed by atoms with Crippen molar-refractivity contribution in [3.63, 3.8) is 0 Å². The van der Waals surface area contributed by atoms with Crippen LogP contribution < -0.4 is 15.4 Å². The molecule has 1 aromatic carbocycles. The number of hydrogen-bond donors (Lipinski definition) is 3. The van der Waals surface area contributed by atoms with Crippen molar-refractivity contribution in [3.8, 4) is 5.75 Å². The van der Waals surface area contributed by atoms with Gasteiger partial charge in [0, 0.05) is 18.2 Å². The summed E-state index contributed by atoms with van der Waals surface area (Å²) in [6, 6.07) is 4.66. The van der Waals surface area contributed by atoms with E-state index in [9.17, 15) is 4.79 Å². The highest BCUT2D eigenvalue weighted by Crippen LogP contribution is 2.27. The second-order valence-electron chi connectivity index (χ2n) is 5.29. The zero-order chi connectivity index (χ0) is 15.2. The fourth-order valence-corrected chi connectivity index (χ4v) is 1.83. The van der Waals surface area contributed by atoms with Crippen molar-refractivity contribution < 1.29 is 14.6 Å². The normalized spacial score (nSPS) is 11.1. The van der Waals surface area contributed by atoms with E-state index < -0.39 is 0 Å². The molecule has 0 radical (unpaired) electrons. The highest BCUT2D eigenvalue weighted by molar-refractivity contribution is 6.31. The van der Waals surface area contributed by atoms with Crippen LogP contribution in [0, 0.1) is 5.41 Å². The molecule has 0 aromatic heterocycles. The number of amides is 2. The maximum Gasteiger partial charge on any atom is 0.319 e. The number of urea groups is 1. The summed E-state index contributed by atoms with van der Waals surface area (Å²) in [4.78, 5) is 11.9. The van der Waals surface area contributed by atoms with E-state index in [2.05, 4.69) is 10.6 Å². The Morgan fingerprint density at radius 1 is 1.45 bits per heavy atom. The van der Waals surface area contributed by atoms with Gasteiger partial charge in [-0.1, -0.05) is 25.4 Å². The van der Waals surface area contributed by atoms with E-state index in [-0.39, 0.29) is 18.1 Å². The van der Waals surface area contributed by atoms with Crippen LogP contribution in [0.5, 0.6) is 5.75 Å². The molecule has 0 unspecified atom stereocenters. The zero-order valence-corrected chi connectivity index (χ0v) is 12.8. The number of carbonyl (C=O) groups is 1. The van der Waals surface area contributed by atoms with E-state index in [1.54, 1.807) is 18.2 Å². The first-order valence-electron chi connectivity index (χ1n) is 6.37. The standard InChI is InChI=1S/C14H21ClN2O3/c1-14(2,6-7-18)9-16-13(19)17-11-8-10(15)4-5-12(11)20-3/h4-5,8,18H,6-7,9H2,1-3H3,(H2,16,17,19). The van der Waals surface area contributed by atoms with Crippen molar-refractivity contribution in [2.75, 3.05) is 25.6 Å². The molecule has 0 saturated carbocycles. The Bertz CT molecular complexity index is 464. The van der Waals surface area contributed by atoms with Crippen LogP contribution in [0.15, 0.2) is 18.2 Å². The third-order valence-corrected chi connectivity index (χ3v) is 3.16. The van der Waals surface area contributed by atoms with E-state index in [4.69, 9.17) is 21.4 Å². The Balaban J connectivity index is 2.61. The molecule has 112 valence electrons. The van der Waals surface area contributed by atoms with Gasteiger partial charge < -0.3 is 20.5 Å². The predicted octanol–water partition coefficient (Wildman–Crippen LogP) is 2.88. The fourth-order valence-electron chi connectivity index (χ4n) is 1.66. The van der Waals surface area contributed by atoms with Crippen LogP contribution in [0.4, 0.5) is 10.5 Å². The lowest BCUT2D eigenvalue weighted by Crippen LogP contribution is -2.37. The molecule has 20 heavy (non-hydrogen) atoms. The first-order valence-corrected chi connectivity index (χ1v) is 6.75. The predicted molar refractivity (Wildman–Crippen MR) is 80.5 cm³/mol. The summed E-state index contributed by atoms with van der Waals surface area (Å²) in [5.41, 5.74) is 0.349. The van der Waals surface area contributed by atoms with Crippen molar-refractivity contribution in [2.24, 2.45) is 5.41 Å². The molecule has 1 rings (SSSR count). The van der Waals surface area contributed by atoms with Gasteiger partial charge in [0.25, 0.3) is 0 Å². The summed E-state index contributed by atoms with van der Waals surface area (Å²) in [7, 11) is 1.52. The number of hydrogen-bond acceptors (Lipinski definition) is 3. The molecule has 5 nitrogen and oxygen atoms in total. The minimum atomic E-state index is -0.336. The van der Waals surface area contributed by atoms with Crippen LogP contribution in [0.2, 0.25) is 5.02 Å². The van der Waals surface area contributed by atoms with Gasteiger partial charge in [0.15, 0.2) is 0 Å². The minimum Gasteiger partial charge on any atom is -0.495 e. The Morgan fingerprint density at radius 3 is 2.75 bits per heavy atom. The van der Waals surface area contributed by atoms with Gasteiger partial charge in [0.1, 0.15) is 5.75 Å². The van der Waals surface area contributed by atoms with Crippen LogP contribution in [-0.2, 0) is 0 Å². The van der Waals surface area contributed by atoms with Crippen LogP contribution >= 0.6 is 11.6 Å². The third-order valence-electron chi connectivity index (χ3n) is 2.93. The van der Waals surface area contributed by atoms with Crippen LogP contribution in [-0.4, -0.2) is 31.4 Å². The smallest absolute Gasteiger partial charge is 0.319 e. The monoisotopic (exact) mass is 300 g/mol. The van der Waals surface area contributed by atoms with E-state index in [0.29, 0.717) is 29.4 Å². The Morgan fingerprint density at radius 2 is 2.15 bits per heavy atom. The molecular weight excluding hydrogens is 280 g/mol. The number of methoxy groups -OCH3 is 1. The Labute approximate surface area is 124 Å². The number of ether oxygens (including phenoxy) is 1. The van der Waals surface area contributed by atoms with Crippen molar-refractivity contribution >= 4 is 23.3 Å². The summed E-state index contributed by atoms with van der Waals surface area (Å²) in [5, 5.41) is 14.9. The van der Waals surface area contributed by atoms with Crippen molar-refractivity contribution in [2.45, 2.75) is 20.3 Å². The summed E-state index contributed by atoms with van der Waals surface area (Å²) in [5.74, 6) is 0.541. The van der Waals surface area contributed by atoms with Gasteiger partial charge in [-0.05, 0) is 30.0 Å². The molecule has 0 fully saturated rings. The van der Waals surface area contributed by atoms with Gasteiger partial charge >= 0.3 is 6.03 Å². The molecule has 6 heteroatoms. The lowest BCUT2D eigenvalue weighted by molar-refractivity contribution is 0.204. The topological polar surface area (TPSA) is 70.6 Å². The number of halogens is 1. The highest BCUT2D eigenvalue weighted by atomic mass is 35.5. The first-order chi connectivity index (χ1) is 9.38. The van der Waals surface area contributed by atoms with E-state index in [0.717, 1.165) is 0 Å². The molecule has 0 spiro atoms. The molecule has 1 aromatic rings. The average Bonchev–Trinajstić information content (AvgIpc) is 2.37. The molecule has 0 bridgehead atoms. The van der Waals surface area contributed by atoms with E-state index >= 15 is 0 Å². The van der Waals surface area contributed by atoms with Gasteiger partial charge in [-0.2, -0.15) is 0 Å². The number of nitrogens with one attached hydrogen (secondary N) is 2. The minimum absolute atomic E-state index is 0.0956. The summed E-state index contributed by atoms with van der Waals surface area (Å²) < 4.78 is 5.15. The molecule has 0 atom stereocenters. The quantitative estimate of drug-likeness (QED) is 0.756. The number of aliphatic hydroxyl groups excluding tert-OH is 1. The van der Waals surface area contributed by atoms with E-state index in [1.165, 1.54) is 7.11 Å². The average molecular weight is 301 g/mol. The van der Waals surface area contributed by atoms with Crippen LogP contribution in [0.25, 0.3) is 0 Å². The number of benzene rings is 1. The molecule has 3 N–H and O–H groups in total. The van der Waals surface area contributed by atoms with Crippen molar-refractivity contribution in [1.29, 1.82) is 0 Å². The lowest BCUT2D eigenvalue weighted by atomic mass is 9.90. The van der Waals surface area contributed by atoms with Crippen LogP contribution in [0.1, 0.15) is 20.3 Å². The molecule has 0 saturated heterocycles. The SMILES string of the molecule is COc1ccc(Cl)cc1NC(=O)NCC(C)(C)CCO. The maximum atomic E-state index is 11.9. The molecule has 0 heterocycles. The number of carbonyl (C=O) groups excluding carboxylic acids is 1. The highest BCUT2D eigenvalue weighted by Gasteiger charge is 2.18. The van der Waals surface area contributed by atoms with Gasteiger partial charge in [0.05, 0.1) is 12.8 Å². The molecule has 2 amide bonds. The maximum absolute atomic E-state index is 11.9. The lowest BCUT2D eigenvalue weighted by Gasteiger charge is -2.24. The van der Waals surface area contributed by atoms with Crippen LogP contribution in [0.3, 0.4) is 0 Å². The second-order valence-corrected chi connectivity index (χ2v) is 5.73. The van der Waals surface area contributed by atoms with Gasteiger partial charge in [-0.25, -0.2) is 4.79 Å². The second kappa shape index (κ2) is 7.36. The largest absolute Gasteiger partial charge is 0.495 e. The fraction of sp³-hybridized carbons (Fsp3) is 0.500. The summed E-state index contributed by atoms with van der Waals surface area (Å²) in [6.07, 6.45) is 0.619. The number of rotatable bonds is 6. The summed E-state index contributed by atoms with van der Waals surface area (Å²) in [6.45, 7) is 4.51. The van der Waals surface area contributed by atoms with Gasteiger partial charge in [-0.3, -0.25) is 0 Å². The number of anilines is 1. The molecule has 0 aliphatic carbocycles. The first kappa shape index (κ1) is 16.6. The molecule has 0 aliphatic heterocycles. The molecular formula is C14H21ClN2O3. The van der Waals surface area contributed by atoms with Crippen molar-refractivity contribution in [3.05, 3.63) is 23.2 Å². The summed E-state index contributed by atoms with van der Waals surface area (Å²) >= 11 is 5.89. The zero-order valence-electron chi connectivity index (χ0n) is 12.0. The Kier molecular flexibility index (Phi) is 6.10. The van der Waals surface area contributed by atoms with Crippen molar-refractivity contribution in [1.82, 2.24) is 5.32 Å². The van der Waals surface area contributed by atoms with Gasteiger partial charge in [-0.15, -0.1) is 0 Å². The van der Waals surface area contributed by atoms with E-state index in [1.807, 2.05) is 13.8 Å². The number of aliphatic hydroxyl groups is 1. The van der Waals surface area contributed by atoms with Gasteiger partial charge in [0.2, 0.25) is 0 Å². The Hall–Kier alpha value is -1.46.